The SMILES string of the molecule is CCc1ccc(OC)c(C(C)C)n1. The number of hydrogen-bond donors (Lipinski definition) is 0. The number of ether oxygens (including phenoxy) is 1. The highest BCUT2D eigenvalue weighted by atomic mass is 16.5. The van der Waals surface area contributed by atoms with Gasteiger partial charge in [0.2, 0.25) is 0 Å². The number of aromatic nitrogens is 1. The molecule has 72 valence electrons. The van der Waals surface area contributed by atoms with E-state index in [0.717, 1.165) is 23.6 Å². The second kappa shape index (κ2) is 4.26. The number of nitrogens with zero attached hydrogens (tertiary/aromatic N) is 1. The first-order valence-corrected chi connectivity index (χ1v) is 4.72. The molecule has 1 rings (SSSR count). The van der Waals surface area contributed by atoms with Gasteiger partial charge in [-0.25, -0.2) is 0 Å². The molecule has 0 bridgehead atoms. The molecule has 2 nitrogen and oxygen atoms in total. The highest BCUT2D eigenvalue weighted by Gasteiger charge is 2.08. The summed E-state index contributed by atoms with van der Waals surface area (Å²) >= 11 is 0. The number of pyridine rings is 1. The van der Waals surface area contributed by atoms with Gasteiger partial charge in [-0.1, -0.05) is 20.8 Å². The van der Waals surface area contributed by atoms with E-state index in [0.29, 0.717) is 5.92 Å². The van der Waals surface area contributed by atoms with Gasteiger partial charge >= 0.3 is 0 Å². The summed E-state index contributed by atoms with van der Waals surface area (Å²) < 4.78 is 5.24. The molecule has 0 saturated carbocycles. The molecule has 0 saturated heterocycles. The average molecular weight is 179 g/mol. The molecule has 0 aromatic carbocycles. The van der Waals surface area contributed by atoms with Gasteiger partial charge in [0.25, 0.3) is 0 Å². The van der Waals surface area contributed by atoms with E-state index in [2.05, 4.69) is 25.8 Å². The van der Waals surface area contributed by atoms with Gasteiger partial charge in [0.05, 0.1) is 12.8 Å². The Bertz CT molecular complexity index is 281. The number of hydrogen-bond acceptors (Lipinski definition) is 2. The van der Waals surface area contributed by atoms with Gasteiger partial charge in [-0.2, -0.15) is 0 Å². The van der Waals surface area contributed by atoms with Crippen LogP contribution in [0.1, 0.15) is 38.1 Å². The van der Waals surface area contributed by atoms with E-state index in [9.17, 15) is 0 Å². The Labute approximate surface area is 80.0 Å². The molecular weight excluding hydrogens is 162 g/mol. The molecule has 0 aliphatic heterocycles. The predicted octanol–water partition coefficient (Wildman–Crippen LogP) is 2.78. The quantitative estimate of drug-likeness (QED) is 0.711. The molecular formula is C11H17NO. The summed E-state index contributed by atoms with van der Waals surface area (Å²) in [5, 5.41) is 0. The van der Waals surface area contributed by atoms with E-state index in [1.807, 2.05) is 12.1 Å². The summed E-state index contributed by atoms with van der Waals surface area (Å²) in [4.78, 5) is 4.54. The lowest BCUT2D eigenvalue weighted by Gasteiger charge is -2.11. The largest absolute Gasteiger partial charge is 0.495 e. The highest BCUT2D eigenvalue weighted by molar-refractivity contribution is 5.31. The zero-order valence-corrected chi connectivity index (χ0v) is 8.79. The summed E-state index contributed by atoms with van der Waals surface area (Å²) in [6, 6.07) is 4.02. The van der Waals surface area contributed by atoms with Crippen LogP contribution in [0.25, 0.3) is 0 Å². The van der Waals surface area contributed by atoms with E-state index in [1.165, 1.54) is 0 Å². The topological polar surface area (TPSA) is 22.1 Å². The molecule has 0 unspecified atom stereocenters. The fourth-order valence-corrected chi connectivity index (χ4v) is 1.29. The van der Waals surface area contributed by atoms with Crippen LogP contribution < -0.4 is 4.74 Å². The highest BCUT2D eigenvalue weighted by Crippen LogP contribution is 2.24. The third-order valence-corrected chi connectivity index (χ3v) is 2.07. The standard InChI is InChI=1S/C11H17NO/c1-5-9-6-7-10(13-4)11(12-9)8(2)3/h6-8H,5H2,1-4H3. The molecule has 0 aliphatic carbocycles. The van der Waals surface area contributed by atoms with Crippen LogP contribution in [0.5, 0.6) is 5.75 Å². The van der Waals surface area contributed by atoms with Crippen LogP contribution in [0.3, 0.4) is 0 Å². The Morgan fingerprint density at radius 1 is 1.38 bits per heavy atom. The Kier molecular flexibility index (Phi) is 3.29. The molecule has 0 fully saturated rings. The number of aryl methyl sites for hydroxylation is 1. The lowest BCUT2D eigenvalue weighted by atomic mass is 10.1. The van der Waals surface area contributed by atoms with Crippen molar-refractivity contribution in [2.75, 3.05) is 7.11 Å². The van der Waals surface area contributed by atoms with Crippen LogP contribution in [-0.4, -0.2) is 12.1 Å². The first-order valence-electron chi connectivity index (χ1n) is 4.72. The molecule has 0 aliphatic rings. The molecule has 1 aromatic heterocycles. The first kappa shape index (κ1) is 10.0. The number of rotatable bonds is 3. The Hall–Kier alpha value is -1.05. The minimum absolute atomic E-state index is 0.418. The van der Waals surface area contributed by atoms with Crippen molar-refractivity contribution >= 4 is 0 Å². The van der Waals surface area contributed by atoms with Crippen molar-refractivity contribution < 1.29 is 4.74 Å². The van der Waals surface area contributed by atoms with Crippen LogP contribution in [-0.2, 0) is 6.42 Å². The van der Waals surface area contributed by atoms with Gasteiger partial charge in [-0.3, -0.25) is 4.98 Å². The molecule has 0 amide bonds. The predicted molar refractivity (Wildman–Crippen MR) is 54.3 cm³/mol. The van der Waals surface area contributed by atoms with Crippen molar-refractivity contribution in [3.8, 4) is 5.75 Å². The third kappa shape index (κ3) is 2.20. The van der Waals surface area contributed by atoms with Gasteiger partial charge in [0, 0.05) is 5.69 Å². The Balaban J connectivity index is 3.10. The van der Waals surface area contributed by atoms with Crippen LogP contribution in [0.2, 0.25) is 0 Å². The number of methoxy groups -OCH3 is 1. The van der Waals surface area contributed by atoms with Gasteiger partial charge in [0.15, 0.2) is 0 Å². The second-order valence-corrected chi connectivity index (χ2v) is 3.40. The van der Waals surface area contributed by atoms with Crippen LogP contribution in [0.4, 0.5) is 0 Å². The van der Waals surface area contributed by atoms with Crippen LogP contribution >= 0.6 is 0 Å². The van der Waals surface area contributed by atoms with E-state index < -0.39 is 0 Å². The van der Waals surface area contributed by atoms with E-state index in [1.54, 1.807) is 7.11 Å². The minimum atomic E-state index is 0.418. The normalized spacial score (nSPS) is 10.5. The van der Waals surface area contributed by atoms with E-state index in [-0.39, 0.29) is 0 Å². The van der Waals surface area contributed by atoms with Crippen molar-refractivity contribution in [1.82, 2.24) is 4.98 Å². The minimum Gasteiger partial charge on any atom is -0.495 e. The molecule has 0 N–H and O–H groups in total. The van der Waals surface area contributed by atoms with Crippen LogP contribution in [0.15, 0.2) is 12.1 Å². The van der Waals surface area contributed by atoms with Gasteiger partial charge in [0.1, 0.15) is 5.75 Å². The average Bonchev–Trinajstić information content (AvgIpc) is 2.16. The first-order chi connectivity index (χ1) is 6.19. The maximum absolute atomic E-state index is 5.24. The van der Waals surface area contributed by atoms with Gasteiger partial charge in [-0.15, -0.1) is 0 Å². The summed E-state index contributed by atoms with van der Waals surface area (Å²) in [5.41, 5.74) is 2.19. The summed E-state index contributed by atoms with van der Waals surface area (Å²) in [7, 11) is 1.69. The van der Waals surface area contributed by atoms with Crippen molar-refractivity contribution in [2.45, 2.75) is 33.1 Å². The molecule has 1 aromatic rings. The summed E-state index contributed by atoms with van der Waals surface area (Å²) in [6.07, 6.45) is 0.976. The summed E-state index contributed by atoms with van der Waals surface area (Å²) in [5.74, 6) is 1.31. The molecule has 1 heterocycles. The molecule has 0 radical (unpaired) electrons. The third-order valence-electron chi connectivity index (χ3n) is 2.07. The zero-order valence-electron chi connectivity index (χ0n) is 8.79. The van der Waals surface area contributed by atoms with Crippen molar-refractivity contribution in [1.29, 1.82) is 0 Å². The zero-order chi connectivity index (χ0) is 9.84. The lowest BCUT2D eigenvalue weighted by molar-refractivity contribution is 0.403. The summed E-state index contributed by atoms with van der Waals surface area (Å²) in [6.45, 7) is 6.37. The van der Waals surface area contributed by atoms with Crippen LogP contribution in [0, 0.1) is 0 Å². The maximum Gasteiger partial charge on any atom is 0.140 e. The van der Waals surface area contributed by atoms with Gasteiger partial charge < -0.3 is 4.74 Å². The maximum atomic E-state index is 5.24. The van der Waals surface area contributed by atoms with Crippen molar-refractivity contribution in [3.05, 3.63) is 23.5 Å². The van der Waals surface area contributed by atoms with E-state index in [4.69, 9.17) is 4.74 Å². The van der Waals surface area contributed by atoms with Crippen molar-refractivity contribution in [3.63, 3.8) is 0 Å². The molecule has 0 atom stereocenters. The van der Waals surface area contributed by atoms with Gasteiger partial charge in [-0.05, 0) is 24.5 Å². The molecule has 13 heavy (non-hydrogen) atoms. The van der Waals surface area contributed by atoms with Crippen molar-refractivity contribution in [2.24, 2.45) is 0 Å². The monoisotopic (exact) mass is 179 g/mol. The molecule has 0 spiro atoms. The van der Waals surface area contributed by atoms with E-state index >= 15 is 0 Å². The smallest absolute Gasteiger partial charge is 0.140 e. The fraction of sp³-hybridized carbons (Fsp3) is 0.545. The Morgan fingerprint density at radius 2 is 2.08 bits per heavy atom. The second-order valence-electron chi connectivity index (χ2n) is 3.40. The molecule has 2 heteroatoms. The lowest BCUT2D eigenvalue weighted by Crippen LogP contribution is -2.00. The fourth-order valence-electron chi connectivity index (χ4n) is 1.29. The Morgan fingerprint density at radius 3 is 2.54 bits per heavy atom.